The Balaban J connectivity index is 1.60. The third-order valence-corrected chi connectivity index (χ3v) is 4.38. The largest absolute Gasteiger partial charge is 0.454 e. The van der Waals surface area contributed by atoms with Gasteiger partial charge in [-0.3, -0.25) is 0 Å². The zero-order valence-corrected chi connectivity index (χ0v) is 14.9. The van der Waals surface area contributed by atoms with Gasteiger partial charge in [0.2, 0.25) is 0 Å². The summed E-state index contributed by atoms with van der Waals surface area (Å²) in [6.07, 6.45) is 0.810. The number of fused-ring (bicyclic) bond motifs is 1. The van der Waals surface area contributed by atoms with Crippen molar-refractivity contribution in [2.24, 2.45) is 0 Å². The Bertz CT molecular complexity index is 1090. The van der Waals surface area contributed by atoms with Crippen LogP contribution in [0.4, 0.5) is 15.9 Å². The molecule has 134 valence electrons. The van der Waals surface area contributed by atoms with Crippen LogP contribution in [0, 0.1) is 5.82 Å². The Morgan fingerprint density at radius 1 is 0.926 bits per heavy atom. The highest BCUT2D eigenvalue weighted by molar-refractivity contribution is 5.81. The predicted molar refractivity (Wildman–Crippen MR) is 107 cm³/mol. The van der Waals surface area contributed by atoms with Gasteiger partial charge in [0.15, 0.2) is 11.6 Å². The summed E-state index contributed by atoms with van der Waals surface area (Å²) in [7, 11) is 0. The molecule has 0 amide bonds. The second-order valence-electron chi connectivity index (χ2n) is 6.22. The van der Waals surface area contributed by atoms with E-state index < -0.39 is 0 Å². The maximum absolute atomic E-state index is 13.8. The van der Waals surface area contributed by atoms with Gasteiger partial charge in [0, 0.05) is 11.1 Å². The van der Waals surface area contributed by atoms with Gasteiger partial charge in [-0.2, -0.15) is 0 Å². The van der Waals surface area contributed by atoms with Gasteiger partial charge < -0.3 is 10.1 Å². The molecule has 0 aliphatic heterocycles. The third-order valence-electron chi connectivity index (χ3n) is 4.38. The molecular formula is C23H19FN2O. The number of para-hydroxylation sites is 2. The average molecular weight is 358 g/mol. The molecule has 0 spiro atoms. The van der Waals surface area contributed by atoms with Crippen molar-refractivity contribution in [1.82, 2.24) is 4.98 Å². The van der Waals surface area contributed by atoms with Crippen molar-refractivity contribution in [3.63, 3.8) is 0 Å². The SMILES string of the molecule is CCc1cc(Oc2ccccc2F)ccc1Nc1ccc2ccccc2n1. The molecule has 0 bridgehead atoms. The highest BCUT2D eigenvalue weighted by Gasteiger charge is 2.08. The molecule has 1 N–H and O–H groups in total. The zero-order chi connectivity index (χ0) is 18.6. The molecule has 0 atom stereocenters. The van der Waals surface area contributed by atoms with E-state index in [0.29, 0.717) is 5.75 Å². The summed E-state index contributed by atoms with van der Waals surface area (Å²) < 4.78 is 19.5. The van der Waals surface area contributed by atoms with E-state index in [9.17, 15) is 4.39 Å². The van der Waals surface area contributed by atoms with Crippen molar-refractivity contribution >= 4 is 22.4 Å². The van der Waals surface area contributed by atoms with Crippen molar-refractivity contribution in [2.75, 3.05) is 5.32 Å². The summed E-state index contributed by atoms with van der Waals surface area (Å²) in [5.74, 6) is 1.23. The van der Waals surface area contributed by atoms with Crippen LogP contribution in [0.15, 0.2) is 78.9 Å². The van der Waals surface area contributed by atoms with Gasteiger partial charge in [0.05, 0.1) is 5.52 Å². The second kappa shape index (κ2) is 7.46. The van der Waals surface area contributed by atoms with Crippen molar-refractivity contribution in [1.29, 1.82) is 0 Å². The van der Waals surface area contributed by atoms with Crippen LogP contribution >= 0.6 is 0 Å². The van der Waals surface area contributed by atoms with Crippen LogP contribution in [0.3, 0.4) is 0 Å². The minimum absolute atomic E-state index is 0.219. The summed E-state index contributed by atoms with van der Waals surface area (Å²) >= 11 is 0. The van der Waals surface area contributed by atoms with Gasteiger partial charge in [-0.25, -0.2) is 9.37 Å². The van der Waals surface area contributed by atoms with Crippen LogP contribution in [-0.2, 0) is 6.42 Å². The number of rotatable bonds is 5. The molecular weight excluding hydrogens is 339 g/mol. The monoisotopic (exact) mass is 358 g/mol. The predicted octanol–water partition coefficient (Wildman–Crippen LogP) is 6.47. The highest BCUT2D eigenvalue weighted by atomic mass is 19.1. The van der Waals surface area contributed by atoms with Crippen LogP contribution in [0.2, 0.25) is 0 Å². The van der Waals surface area contributed by atoms with Gasteiger partial charge >= 0.3 is 0 Å². The number of hydrogen-bond donors (Lipinski definition) is 1. The molecule has 0 saturated heterocycles. The molecule has 0 aliphatic carbocycles. The van der Waals surface area contributed by atoms with E-state index >= 15 is 0 Å². The summed E-state index contributed by atoms with van der Waals surface area (Å²) in [6.45, 7) is 2.07. The normalized spacial score (nSPS) is 10.7. The maximum Gasteiger partial charge on any atom is 0.165 e. The second-order valence-corrected chi connectivity index (χ2v) is 6.22. The van der Waals surface area contributed by atoms with Gasteiger partial charge in [-0.05, 0) is 60.5 Å². The fourth-order valence-corrected chi connectivity index (χ4v) is 2.98. The van der Waals surface area contributed by atoms with E-state index in [-0.39, 0.29) is 11.6 Å². The zero-order valence-electron chi connectivity index (χ0n) is 14.9. The number of nitrogens with zero attached hydrogens (tertiary/aromatic N) is 1. The topological polar surface area (TPSA) is 34.1 Å². The third kappa shape index (κ3) is 3.75. The Morgan fingerprint density at radius 3 is 2.59 bits per heavy atom. The first kappa shape index (κ1) is 17.0. The first-order valence-electron chi connectivity index (χ1n) is 8.91. The number of anilines is 2. The quantitative estimate of drug-likeness (QED) is 0.444. The fourth-order valence-electron chi connectivity index (χ4n) is 2.98. The molecule has 1 aromatic heterocycles. The summed E-state index contributed by atoms with van der Waals surface area (Å²) in [4.78, 5) is 4.66. The van der Waals surface area contributed by atoms with E-state index in [2.05, 4.69) is 17.2 Å². The Labute approximate surface area is 157 Å². The Morgan fingerprint density at radius 2 is 1.74 bits per heavy atom. The smallest absolute Gasteiger partial charge is 0.165 e. The minimum atomic E-state index is -0.377. The molecule has 1 heterocycles. The molecule has 0 aliphatic rings. The number of pyridine rings is 1. The summed E-state index contributed by atoms with van der Waals surface area (Å²) in [5, 5.41) is 4.48. The average Bonchev–Trinajstić information content (AvgIpc) is 2.70. The number of halogens is 1. The summed E-state index contributed by atoms with van der Waals surface area (Å²) in [5.41, 5.74) is 2.97. The summed E-state index contributed by atoms with van der Waals surface area (Å²) in [6, 6.07) is 24.1. The molecule has 27 heavy (non-hydrogen) atoms. The van der Waals surface area contributed by atoms with E-state index in [1.54, 1.807) is 18.2 Å². The Hall–Kier alpha value is -3.40. The van der Waals surface area contributed by atoms with Gasteiger partial charge in [-0.15, -0.1) is 0 Å². The van der Waals surface area contributed by atoms with E-state index in [0.717, 1.165) is 34.4 Å². The Kier molecular flexibility index (Phi) is 4.71. The molecule has 0 radical (unpaired) electrons. The van der Waals surface area contributed by atoms with Crippen LogP contribution < -0.4 is 10.1 Å². The van der Waals surface area contributed by atoms with Crippen LogP contribution in [-0.4, -0.2) is 4.98 Å². The molecule has 0 fully saturated rings. The number of nitrogens with one attached hydrogen (secondary N) is 1. The van der Waals surface area contributed by atoms with Gasteiger partial charge in [-0.1, -0.05) is 37.3 Å². The molecule has 3 nitrogen and oxygen atoms in total. The lowest BCUT2D eigenvalue weighted by atomic mass is 10.1. The standard InChI is InChI=1S/C23H19FN2O/c1-2-16-15-18(27-22-10-6-4-8-19(22)24)12-13-21(16)26-23-14-11-17-7-3-5-9-20(17)25-23/h3-15H,2H2,1H3,(H,25,26). The lowest BCUT2D eigenvalue weighted by Gasteiger charge is -2.13. The maximum atomic E-state index is 13.8. The molecule has 0 saturated carbocycles. The lowest BCUT2D eigenvalue weighted by molar-refractivity contribution is 0.442. The first-order valence-corrected chi connectivity index (χ1v) is 8.91. The number of hydrogen-bond acceptors (Lipinski definition) is 3. The molecule has 0 unspecified atom stereocenters. The van der Waals surface area contributed by atoms with Crippen LogP contribution in [0.25, 0.3) is 10.9 Å². The van der Waals surface area contributed by atoms with Crippen LogP contribution in [0.1, 0.15) is 12.5 Å². The van der Waals surface area contributed by atoms with Crippen molar-refractivity contribution < 1.29 is 9.13 Å². The number of aryl methyl sites for hydroxylation is 1. The molecule has 4 heteroatoms. The van der Waals surface area contributed by atoms with Gasteiger partial charge in [0.25, 0.3) is 0 Å². The van der Waals surface area contributed by atoms with E-state index in [1.165, 1.54) is 6.07 Å². The van der Waals surface area contributed by atoms with Gasteiger partial charge in [0.1, 0.15) is 11.6 Å². The van der Waals surface area contributed by atoms with E-state index in [4.69, 9.17) is 4.74 Å². The first-order chi connectivity index (χ1) is 13.2. The minimum Gasteiger partial charge on any atom is -0.454 e. The number of benzene rings is 3. The van der Waals surface area contributed by atoms with Crippen molar-refractivity contribution in [2.45, 2.75) is 13.3 Å². The van der Waals surface area contributed by atoms with E-state index in [1.807, 2.05) is 54.6 Å². The lowest BCUT2D eigenvalue weighted by Crippen LogP contribution is -1.98. The molecule has 4 aromatic rings. The molecule has 3 aromatic carbocycles. The van der Waals surface area contributed by atoms with Crippen molar-refractivity contribution in [3.8, 4) is 11.5 Å². The number of ether oxygens (including phenoxy) is 1. The number of aromatic nitrogens is 1. The highest BCUT2D eigenvalue weighted by Crippen LogP contribution is 2.30. The fraction of sp³-hybridized carbons (Fsp3) is 0.0870. The van der Waals surface area contributed by atoms with Crippen molar-refractivity contribution in [3.05, 3.63) is 90.2 Å². The van der Waals surface area contributed by atoms with Crippen LogP contribution in [0.5, 0.6) is 11.5 Å². The molecule has 4 rings (SSSR count).